The van der Waals surface area contributed by atoms with Gasteiger partial charge in [-0.1, -0.05) is 12.1 Å². The molecule has 1 amide bonds. The standard InChI is InChI=1S/C18H18Cl2N2O2/c1-17(2,16(23)22-13-7-9-21-10-8-13)24-14-5-3-12(4-6-14)15-11-18(15,19)20/h3-10,15H,11H2,1-2H3,(H,21,22,23). The highest BCUT2D eigenvalue weighted by Crippen LogP contribution is 2.59. The zero-order valence-electron chi connectivity index (χ0n) is 13.4. The molecule has 1 N–H and O–H groups in total. The first-order valence-corrected chi connectivity index (χ1v) is 8.42. The van der Waals surface area contributed by atoms with Crippen LogP contribution in [0.2, 0.25) is 0 Å². The Hall–Kier alpha value is -1.78. The fourth-order valence-electron chi connectivity index (χ4n) is 2.40. The van der Waals surface area contributed by atoms with Crippen LogP contribution in [0.15, 0.2) is 48.8 Å². The fraction of sp³-hybridized carbons (Fsp3) is 0.333. The number of amides is 1. The van der Waals surface area contributed by atoms with Crippen LogP contribution < -0.4 is 10.1 Å². The van der Waals surface area contributed by atoms with E-state index in [2.05, 4.69) is 10.3 Å². The van der Waals surface area contributed by atoms with E-state index < -0.39 is 9.93 Å². The van der Waals surface area contributed by atoms with Gasteiger partial charge in [0.15, 0.2) is 5.60 Å². The van der Waals surface area contributed by atoms with Crippen LogP contribution in [-0.4, -0.2) is 20.8 Å². The minimum Gasteiger partial charge on any atom is -0.478 e. The summed E-state index contributed by atoms with van der Waals surface area (Å²) in [7, 11) is 0. The van der Waals surface area contributed by atoms with Crippen molar-refractivity contribution in [1.82, 2.24) is 4.98 Å². The molecule has 0 spiro atoms. The Morgan fingerprint density at radius 2 is 1.79 bits per heavy atom. The number of alkyl halides is 2. The molecule has 1 unspecified atom stereocenters. The number of hydrogen-bond acceptors (Lipinski definition) is 3. The molecule has 1 heterocycles. The molecule has 0 aliphatic heterocycles. The molecule has 1 fully saturated rings. The number of pyridine rings is 1. The third-order valence-electron chi connectivity index (χ3n) is 3.97. The van der Waals surface area contributed by atoms with Gasteiger partial charge < -0.3 is 10.1 Å². The number of nitrogens with zero attached hydrogens (tertiary/aromatic N) is 1. The number of aromatic nitrogens is 1. The molecule has 1 aliphatic rings. The van der Waals surface area contributed by atoms with E-state index in [1.807, 2.05) is 24.3 Å². The van der Waals surface area contributed by atoms with Crippen molar-refractivity contribution >= 4 is 34.8 Å². The van der Waals surface area contributed by atoms with Gasteiger partial charge in [0.25, 0.3) is 5.91 Å². The molecule has 6 heteroatoms. The summed E-state index contributed by atoms with van der Waals surface area (Å²) in [4.78, 5) is 16.3. The van der Waals surface area contributed by atoms with Crippen LogP contribution in [0.1, 0.15) is 31.7 Å². The van der Waals surface area contributed by atoms with Crippen molar-refractivity contribution in [1.29, 1.82) is 0 Å². The molecule has 1 aromatic heterocycles. The molecular weight excluding hydrogens is 347 g/mol. The summed E-state index contributed by atoms with van der Waals surface area (Å²) in [6, 6.07) is 11.0. The van der Waals surface area contributed by atoms with Gasteiger partial charge in [-0.2, -0.15) is 0 Å². The smallest absolute Gasteiger partial charge is 0.267 e. The number of anilines is 1. The van der Waals surface area contributed by atoms with Crippen LogP contribution in [0.5, 0.6) is 5.75 Å². The molecule has 2 aromatic rings. The molecule has 4 nitrogen and oxygen atoms in total. The van der Waals surface area contributed by atoms with Crippen molar-refractivity contribution in [3.8, 4) is 5.75 Å². The summed E-state index contributed by atoms with van der Waals surface area (Å²) in [5.41, 5.74) is 0.732. The van der Waals surface area contributed by atoms with Gasteiger partial charge >= 0.3 is 0 Å². The number of nitrogens with one attached hydrogen (secondary N) is 1. The van der Waals surface area contributed by atoms with Crippen molar-refractivity contribution in [2.24, 2.45) is 0 Å². The van der Waals surface area contributed by atoms with Gasteiger partial charge in [0.05, 0.1) is 0 Å². The number of benzene rings is 1. The zero-order valence-corrected chi connectivity index (χ0v) is 14.9. The van der Waals surface area contributed by atoms with E-state index in [0.29, 0.717) is 11.4 Å². The van der Waals surface area contributed by atoms with Crippen molar-refractivity contribution < 1.29 is 9.53 Å². The quantitative estimate of drug-likeness (QED) is 0.792. The molecule has 3 rings (SSSR count). The van der Waals surface area contributed by atoms with E-state index in [1.54, 1.807) is 38.4 Å². The number of hydrogen-bond donors (Lipinski definition) is 1. The maximum Gasteiger partial charge on any atom is 0.267 e. The lowest BCUT2D eigenvalue weighted by molar-refractivity contribution is -0.128. The molecule has 0 bridgehead atoms. The fourth-order valence-corrected chi connectivity index (χ4v) is 2.96. The summed E-state index contributed by atoms with van der Waals surface area (Å²) in [5, 5.41) is 2.81. The molecular formula is C18H18Cl2N2O2. The zero-order chi connectivity index (χ0) is 17.4. The van der Waals surface area contributed by atoms with Crippen LogP contribution >= 0.6 is 23.2 Å². The Kier molecular flexibility index (Phi) is 4.45. The van der Waals surface area contributed by atoms with Crippen LogP contribution in [0.3, 0.4) is 0 Å². The van der Waals surface area contributed by atoms with Gasteiger partial charge in [0, 0.05) is 24.0 Å². The number of ether oxygens (including phenoxy) is 1. The van der Waals surface area contributed by atoms with Crippen molar-refractivity contribution in [2.45, 2.75) is 36.1 Å². The lowest BCUT2D eigenvalue weighted by Crippen LogP contribution is -2.42. The monoisotopic (exact) mass is 364 g/mol. The Bertz CT molecular complexity index is 730. The second-order valence-corrected chi connectivity index (χ2v) is 7.93. The van der Waals surface area contributed by atoms with Gasteiger partial charge in [0.1, 0.15) is 10.1 Å². The summed E-state index contributed by atoms with van der Waals surface area (Å²) in [6.07, 6.45) is 4.00. The maximum atomic E-state index is 12.4. The van der Waals surface area contributed by atoms with Crippen LogP contribution in [0.4, 0.5) is 5.69 Å². The molecule has 1 aromatic carbocycles. The van der Waals surface area contributed by atoms with E-state index in [0.717, 1.165) is 12.0 Å². The number of carbonyl (C=O) groups is 1. The normalized spacial score (nSPS) is 18.8. The Labute approximate surface area is 151 Å². The van der Waals surface area contributed by atoms with Gasteiger partial charge in [-0.3, -0.25) is 9.78 Å². The topological polar surface area (TPSA) is 51.2 Å². The molecule has 1 aliphatic carbocycles. The number of carbonyl (C=O) groups excluding carboxylic acids is 1. The van der Waals surface area contributed by atoms with Gasteiger partial charge in [-0.25, -0.2) is 0 Å². The number of halogens is 2. The summed E-state index contributed by atoms with van der Waals surface area (Å²) in [5.74, 6) is 0.544. The van der Waals surface area contributed by atoms with Crippen molar-refractivity contribution in [2.75, 3.05) is 5.32 Å². The van der Waals surface area contributed by atoms with Gasteiger partial charge in [-0.05, 0) is 50.1 Å². The predicted octanol–water partition coefficient (Wildman–Crippen LogP) is 4.54. The molecule has 0 radical (unpaired) electrons. The largest absolute Gasteiger partial charge is 0.478 e. The summed E-state index contributed by atoms with van der Waals surface area (Å²) >= 11 is 12.2. The Balaban J connectivity index is 1.64. The van der Waals surface area contributed by atoms with E-state index in [1.165, 1.54) is 0 Å². The van der Waals surface area contributed by atoms with Gasteiger partial charge in [-0.15, -0.1) is 23.2 Å². The van der Waals surface area contributed by atoms with Crippen LogP contribution in [0.25, 0.3) is 0 Å². The third-order valence-corrected chi connectivity index (χ3v) is 4.80. The second-order valence-electron chi connectivity index (χ2n) is 6.39. The number of rotatable bonds is 5. The third kappa shape index (κ3) is 3.82. The SMILES string of the molecule is CC(C)(Oc1ccc(C2CC2(Cl)Cl)cc1)C(=O)Nc1ccncc1. The predicted molar refractivity (Wildman–Crippen MR) is 95.8 cm³/mol. The molecule has 0 saturated heterocycles. The van der Waals surface area contributed by atoms with E-state index >= 15 is 0 Å². The first-order chi connectivity index (χ1) is 11.3. The minimum atomic E-state index is -1.02. The highest BCUT2D eigenvalue weighted by Gasteiger charge is 2.52. The van der Waals surface area contributed by atoms with E-state index in [-0.39, 0.29) is 11.8 Å². The summed E-state index contributed by atoms with van der Waals surface area (Å²) < 4.78 is 5.20. The average Bonchev–Trinajstić information content (AvgIpc) is 3.17. The molecule has 1 atom stereocenters. The molecule has 24 heavy (non-hydrogen) atoms. The Morgan fingerprint density at radius 1 is 1.21 bits per heavy atom. The minimum absolute atomic E-state index is 0.165. The molecule has 126 valence electrons. The summed E-state index contributed by atoms with van der Waals surface area (Å²) in [6.45, 7) is 3.45. The highest BCUT2D eigenvalue weighted by atomic mass is 35.5. The first-order valence-electron chi connectivity index (χ1n) is 7.66. The van der Waals surface area contributed by atoms with Crippen LogP contribution in [-0.2, 0) is 4.79 Å². The van der Waals surface area contributed by atoms with Gasteiger partial charge in [0.2, 0.25) is 0 Å². The lowest BCUT2D eigenvalue weighted by Gasteiger charge is -2.25. The van der Waals surface area contributed by atoms with E-state index in [9.17, 15) is 4.79 Å². The van der Waals surface area contributed by atoms with Crippen molar-refractivity contribution in [3.63, 3.8) is 0 Å². The maximum absolute atomic E-state index is 12.4. The average molecular weight is 365 g/mol. The van der Waals surface area contributed by atoms with Crippen LogP contribution in [0, 0.1) is 0 Å². The van der Waals surface area contributed by atoms with E-state index in [4.69, 9.17) is 27.9 Å². The lowest BCUT2D eigenvalue weighted by atomic mass is 10.1. The Morgan fingerprint density at radius 3 is 2.33 bits per heavy atom. The second kappa shape index (κ2) is 6.26. The van der Waals surface area contributed by atoms with Crippen molar-refractivity contribution in [3.05, 3.63) is 54.4 Å². The molecule has 1 saturated carbocycles. The first kappa shape index (κ1) is 17.1. The highest BCUT2D eigenvalue weighted by molar-refractivity contribution is 6.51.